The van der Waals surface area contributed by atoms with E-state index < -0.39 is 0 Å². The van der Waals surface area contributed by atoms with Gasteiger partial charge in [0.25, 0.3) is 0 Å². The Hall–Kier alpha value is -0.300. The predicted molar refractivity (Wildman–Crippen MR) is 52.2 cm³/mol. The summed E-state index contributed by atoms with van der Waals surface area (Å²) in [5.41, 5.74) is 3.17. The van der Waals surface area contributed by atoms with Crippen molar-refractivity contribution in [3.63, 3.8) is 0 Å². The zero-order chi connectivity index (χ0) is 8.97. The van der Waals surface area contributed by atoms with Gasteiger partial charge in [0, 0.05) is 13.2 Å². The second-order valence-corrected chi connectivity index (χ2v) is 3.91. The molecule has 1 aliphatic rings. The zero-order valence-corrected chi connectivity index (χ0v) is 8.52. The minimum Gasteiger partial charge on any atom is -0.381 e. The molecule has 0 bridgehead atoms. The fourth-order valence-corrected chi connectivity index (χ4v) is 1.80. The lowest BCUT2D eigenvalue weighted by molar-refractivity contribution is 0.103. The van der Waals surface area contributed by atoms with Gasteiger partial charge in [-0.2, -0.15) is 0 Å². The van der Waals surface area contributed by atoms with Crippen molar-refractivity contribution in [3.8, 4) is 0 Å². The first-order valence-corrected chi connectivity index (χ1v) is 4.97. The average molecular weight is 168 g/mol. The van der Waals surface area contributed by atoms with Crippen LogP contribution in [0.4, 0.5) is 0 Å². The lowest BCUT2D eigenvalue weighted by Gasteiger charge is -2.09. The van der Waals surface area contributed by atoms with Crippen LogP contribution in [0.15, 0.2) is 11.1 Å². The average Bonchev–Trinajstić information content (AvgIpc) is 2.32. The van der Waals surface area contributed by atoms with Gasteiger partial charge in [-0.15, -0.1) is 0 Å². The largest absolute Gasteiger partial charge is 0.381 e. The molecule has 0 spiro atoms. The Balaban J connectivity index is 2.15. The van der Waals surface area contributed by atoms with E-state index in [1.165, 1.54) is 12.8 Å². The summed E-state index contributed by atoms with van der Waals surface area (Å²) in [4.78, 5) is 0. The molecule has 0 aromatic carbocycles. The van der Waals surface area contributed by atoms with Crippen LogP contribution in [0.2, 0.25) is 0 Å². The molecule has 0 atom stereocenters. The molecule has 0 unspecified atom stereocenters. The van der Waals surface area contributed by atoms with Gasteiger partial charge in [0.15, 0.2) is 0 Å². The number of hydrogen-bond acceptors (Lipinski definition) is 1. The molecule has 0 aliphatic heterocycles. The first-order chi connectivity index (χ1) is 5.74. The number of ether oxygens (including phenoxy) is 1. The van der Waals surface area contributed by atoms with Crippen LogP contribution in [-0.4, -0.2) is 13.2 Å². The van der Waals surface area contributed by atoms with Crippen molar-refractivity contribution in [2.45, 2.75) is 40.0 Å². The molecule has 0 aromatic heterocycles. The minimum absolute atomic E-state index is 0.775. The van der Waals surface area contributed by atoms with Crippen molar-refractivity contribution in [1.82, 2.24) is 0 Å². The third-order valence-corrected chi connectivity index (χ3v) is 2.62. The summed E-state index contributed by atoms with van der Waals surface area (Å²) in [7, 11) is 0. The van der Waals surface area contributed by atoms with Gasteiger partial charge in [0.1, 0.15) is 0 Å². The normalized spacial score (nSPS) is 19.2. The standard InChI is InChI=1S/C11H20O/c1-4-5-12-8-11-6-9(2)10(3)7-11/h11H,4-8H2,1-3H3. The van der Waals surface area contributed by atoms with Crippen LogP contribution < -0.4 is 0 Å². The molecular weight excluding hydrogens is 148 g/mol. The Kier molecular flexibility index (Phi) is 3.80. The van der Waals surface area contributed by atoms with Gasteiger partial charge in [0.2, 0.25) is 0 Å². The summed E-state index contributed by atoms with van der Waals surface area (Å²) >= 11 is 0. The van der Waals surface area contributed by atoms with Crippen molar-refractivity contribution in [2.75, 3.05) is 13.2 Å². The van der Waals surface area contributed by atoms with Crippen molar-refractivity contribution in [3.05, 3.63) is 11.1 Å². The van der Waals surface area contributed by atoms with E-state index in [-0.39, 0.29) is 0 Å². The lowest BCUT2D eigenvalue weighted by atomic mass is 10.1. The molecule has 0 radical (unpaired) electrons. The maximum atomic E-state index is 5.54. The summed E-state index contributed by atoms with van der Waals surface area (Å²) in [5, 5.41) is 0. The molecule has 0 amide bonds. The van der Waals surface area contributed by atoms with Crippen LogP contribution in [0.25, 0.3) is 0 Å². The van der Waals surface area contributed by atoms with E-state index in [4.69, 9.17) is 4.74 Å². The maximum Gasteiger partial charge on any atom is 0.0500 e. The topological polar surface area (TPSA) is 9.23 Å². The molecule has 12 heavy (non-hydrogen) atoms. The molecule has 0 N–H and O–H groups in total. The van der Waals surface area contributed by atoms with Crippen molar-refractivity contribution in [2.24, 2.45) is 5.92 Å². The minimum atomic E-state index is 0.775. The Morgan fingerprint density at radius 1 is 1.25 bits per heavy atom. The van der Waals surface area contributed by atoms with Gasteiger partial charge >= 0.3 is 0 Å². The van der Waals surface area contributed by atoms with Crippen LogP contribution in [0.1, 0.15) is 40.0 Å². The number of allylic oxidation sites excluding steroid dienone is 2. The summed E-state index contributed by atoms with van der Waals surface area (Å²) in [6, 6.07) is 0. The van der Waals surface area contributed by atoms with E-state index in [9.17, 15) is 0 Å². The SMILES string of the molecule is CCCOCC1CC(C)=C(C)C1. The molecule has 1 heteroatoms. The highest BCUT2D eigenvalue weighted by molar-refractivity contribution is 5.16. The fraction of sp³-hybridized carbons (Fsp3) is 0.818. The van der Waals surface area contributed by atoms with Crippen LogP contribution in [0, 0.1) is 5.92 Å². The van der Waals surface area contributed by atoms with Gasteiger partial charge in [-0.1, -0.05) is 18.1 Å². The highest BCUT2D eigenvalue weighted by Gasteiger charge is 2.18. The molecule has 0 fully saturated rings. The van der Waals surface area contributed by atoms with Crippen molar-refractivity contribution >= 4 is 0 Å². The lowest BCUT2D eigenvalue weighted by Crippen LogP contribution is -2.06. The zero-order valence-electron chi connectivity index (χ0n) is 8.52. The van der Waals surface area contributed by atoms with Crippen LogP contribution in [0.3, 0.4) is 0 Å². The Bertz CT molecular complexity index is 156. The summed E-state index contributed by atoms with van der Waals surface area (Å²) < 4.78 is 5.54. The summed E-state index contributed by atoms with van der Waals surface area (Å²) in [5.74, 6) is 0.775. The van der Waals surface area contributed by atoms with Crippen molar-refractivity contribution in [1.29, 1.82) is 0 Å². The predicted octanol–water partition coefficient (Wildman–Crippen LogP) is 3.16. The molecule has 1 rings (SSSR count). The second-order valence-electron chi connectivity index (χ2n) is 3.91. The Morgan fingerprint density at radius 3 is 2.33 bits per heavy atom. The third kappa shape index (κ3) is 2.63. The van der Waals surface area contributed by atoms with Crippen molar-refractivity contribution < 1.29 is 4.74 Å². The first kappa shape index (κ1) is 9.79. The number of hydrogen-bond donors (Lipinski definition) is 0. The van der Waals surface area contributed by atoms with E-state index in [0.29, 0.717) is 0 Å². The first-order valence-electron chi connectivity index (χ1n) is 4.97. The van der Waals surface area contributed by atoms with Gasteiger partial charge in [-0.05, 0) is 39.0 Å². The fourth-order valence-electron chi connectivity index (χ4n) is 1.80. The summed E-state index contributed by atoms with van der Waals surface area (Å²) in [6.07, 6.45) is 3.66. The molecule has 0 heterocycles. The highest BCUT2D eigenvalue weighted by atomic mass is 16.5. The van der Waals surface area contributed by atoms with Gasteiger partial charge in [-0.25, -0.2) is 0 Å². The van der Waals surface area contributed by atoms with Crippen LogP contribution >= 0.6 is 0 Å². The molecule has 0 saturated carbocycles. The maximum absolute atomic E-state index is 5.54. The smallest absolute Gasteiger partial charge is 0.0500 e. The second kappa shape index (κ2) is 4.66. The molecule has 0 saturated heterocycles. The summed E-state index contributed by atoms with van der Waals surface area (Å²) in [6.45, 7) is 8.53. The van der Waals surface area contributed by atoms with Crippen LogP contribution in [0.5, 0.6) is 0 Å². The van der Waals surface area contributed by atoms with E-state index in [2.05, 4.69) is 20.8 Å². The molecule has 1 aliphatic carbocycles. The molecule has 0 aromatic rings. The van der Waals surface area contributed by atoms with Gasteiger partial charge < -0.3 is 4.74 Å². The Morgan fingerprint density at radius 2 is 1.83 bits per heavy atom. The number of rotatable bonds is 4. The molecular formula is C11H20O. The van der Waals surface area contributed by atoms with E-state index in [1.54, 1.807) is 11.1 Å². The van der Waals surface area contributed by atoms with Gasteiger partial charge in [0.05, 0.1) is 0 Å². The van der Waals surface area contributed by atoms with E-state index in [0.717, 1.165) is 25.6 Å². The van der Waals surface area contributed by atoms with E-state index in [1.807, 2.05) is 0 Å². The third-order valence-electron chi connectivity index (χ3n) is 2.62. The molecule has 1 nitrogen and oxygen atoms in total. The highest BCUT2D eigenvalue weighted by Crippen LogP contribution is 2.30. The molecule has 70 valence electrons. The van der Waals surface area contributed by atoms with Crippen LogP contribution in [-0.2, 0) is 4.74 Å². The van der Waals surface area contributed by atoms with Gasteiger partial charge in [-0.3, -0.25) is 0 Å². The monoisotopic (exact) mass is 168 g/mol. The quantitative estimate of drug-likeness (QED) is 0.463. The Labute approximate surface area is 75.8 Å². The van der Waals surface area contributed by atoms with E-state index >= 15 is 0 Å².